The van der Waals surface area contributed by atoms with Gasteiger partial charge in [-0.25, -0.2) is 13.9 Å². The maximum atomic E-state index is 13.2. The summed E-state index contributed by atoms with van der Waals surface area (Å²) < 4.78 is 27.6. The Morgan fingerprint density at radius 1 is 1.32 bits per heavy atom. The largest absolute Gasteiger partial charge is 0.289 e. The predicted octanol–water partition coefficient (Wildman–Crippen LogP) is 3.30. The molecule has 25 heavy (non-hydrogen) atoms. The van der Waals surface area contributed by atoms with Gasteiger partial charge in [-0.3, -0.25) is 10.0 Å². The minimum absolute atomic E-state index is 0.0174. The molecule has 1 aromatic rings. The number of hydroxylamine groups is 1. The highest BCUT2D eigenvalue weighted by Crippen LogP contribution is 2.31. The minimum atomic E-state index is -3.98. The molecule has 1 amide bonds. The molecule has 0 aliphatic carbocycles. The summed E-state index contributed by atoms with van der Waals surface area (Å²) in [6.07, 6.45) is 0.574. The molecule has 1 rings (SSSR count). The van der Waals surface area contributed by atoms with Gasteiger partial charge < -0.3 is 0 Å². The van der Waals surface area contributed by atoms with Crippen molar-refractivity contribution in [2.45, 2.75) is 52.0 Å². The Labute approximate surface area is 155 Å². The van der Waals surface area contributed by atoms with Gasteiger partial charge >= 0.3 is 0 Å². The van der Waals surface area contributed by atoms with E-state index in [1.54, 1.807) is 38.4 Å². The molecule has 0 aliphatic heterocycles. The van der Waals surface area contributed by atoms with E-state index in [2.05, 4.69) is 0 Å². The number of carbonyl (C=O) groups is 1. The molecule has 0 saturated heterocycles. The van der Waals surface area contributed by atoms with Gasteiger partial charge in [0, 0.05) is 11.6 Å². The van der Waals surface area contributed by atoms with Gasteiger partial charge in [0.15, 0.2) is 0 Å². The summed E-state index contributed by atoms with van der Waals surface area (Å²) in [6, 6.07) is 4.87. The van der Waals surface area contributed by atoms with Crippen LogP contribution in [-0.4, -0.2) is 36.4 Å². The molecule has 2 N–H and O–H groups in total. The average molecular weight is 391 g/mol. The van der Waals surface area contributed by atoms with E-state index in [-0.39, 0.29) is 17.4 Å². The smallest absolute Gasteiger partial charge is 0.262 e. The number of nitrogens with one attached hydrogen (secondary N) is 1. The highest BCUT2D eigenvalue weighted by atomic mass is 35.5. The lowest BCUT2D eigenvalue weighted by Crippen LogP contribution is -2.55. The van der Waals surface area contributed by atoms with Crippen molar-refractivity contribution < 1.29 is 18.4 Å². The number of carbonyl (C=O) groups excluding carboxylic acids is 1. The zero-order valence-corrected chi connectivity index (χ0v) is 16.9. The average Bonchev–Trinajstić information content (AvgIpc) is 2.49. The molecule has 8 heteroatoms. The molecule has 1 aromatic carbocycles. The molecule has 0 bridgehead atoms. The van der Waals surface area contributed by atoms with Gasteiger partial charge in [0.1, 0.15) is 6.04 Å². The number of nitrogens with zero attached hydrogens (tertiary/aromatic N) is 1. The van der Waals surface area contributed by atoms with Crippen molar-refractivity contribution in [2.24, 2.45) is 11.3 Å². The van der Waals surface area contributed by atoms with Crippen molar-refractivity contribution in [2.75, 3.05) is 6.54 Å². The molecule has 0 fully saturated rings. The molecular weight excluding hydrogens is 364 g/mol. The number of amides is 1. The third-order valence-electron chi connectivity index (χ3n) is 3.80. The molecule has 0 saturated carbocycles. The Kier molecular flexibility index (Phi) is 7.43. The van der Waals surface area contributed by atoms with E-state index in [0.29, 0.717) is 11.4 Å². The van der Waals surface area contributed by atoms with Crippen molar-refractivity contribution in [3.63, 3.8) is 0 Å². The van der Waals surface area contributed by atoms with Crippen LogP contribution < -0.4 is 5.48 Å². The van der Waals surface area contributed by atoms with E-state index in [0.717, 1.165) is 4.31 Å². The lowest BCUT2D eigenvalue weighted by atomic mass is 9.86. The molecule has 0 aliphatic rings. The van der Waals surface area contributed by atoms with Gasteiger partial charge in [-0.15, -0.1) is 0 Å². The van der Waals surface area contributed by atoms with E-state index >= 15 is 0 Å². The molecule has 0 heterocycles. The normalized spacial score (nSPS) is 14.0. The van der Waals surface area contributed by atoms with Crippen LogP contribution in [-0.2, 0) is 14.8 Å². The Hall–Kier alpha value is -1.15. The third kappa shape index (κ3) is 5.67. The summed E-state index contributed by atoms with van der Waals surface area (Å²) in [5, 5.41) is 9.43. The van der Waals surface area contributed by atoms with Crippen molar-refractivity contribution in [1.29, 1.82) is 0 Å². The second-order valence-corrected chi connectivity index (χ2v) is 9.83. The second-order valence-electron chi connectivity index (χ2n) is 7.50. The molecule has 0 aromatic heterocycles. The van der Waals surface area contributed by atoms with Gasteiger partial charge in [-0.2, -0.15) is 4.31 Å². The van der Waals surface area contributed by atoms with Gasteiger partial charge in [0.2, 0.25) is 10.0 Å². The zero-order chi connectivity index (χ0) is 19.4. The van der Waals surface area contributed by atoms with Crippen LogP contribution in [0.25, 0.3) is 0 Å². The fourth-order valence-electron chi connectivity index (χ4n) is 2.55. The Balaban J connectivity index is 3.47. The van der Waals surface area contributed by atoms with E-state index in [9.17, 15) is 13.2 Å². The fourth-order valence-corrected chi connectivity index (χ4v) is 4.64. The van der Waals surface area contributed by atoms with Crippen molar-refractivity contribution in [3.05, 3.63) is 29.3 Å². The Morgan fingerprint density at radius 2 is 1.92 bits per heavy atom. The summed E-state index contributed by atoms with van der Waals surface area (Å²) in [5.74, 6) is -0.517. The summed E-state index contributed by atoms with van der Waals surface area (Å²) in [7, 11) is -3.98. The molecule has 0 radical (unpaired) electrons. The van der Waals surface area contributed by atoms with Crippen LogP contribution in [0.5, 0.6) is 0 Å². The van der Waals surface area contributed by atoms with Crippen LogP contribution in [0, 0.1) is 11.3 Å². The summed E-state index contributed by atoms with van der Waals surface area (Å²) >= 11 is 5.94. The number of benzene rings is 1. The van der Waals surface area contributed by atoms with Gasteiger partial charge in [0.05, 0.1) is 4.90 Å². The van der Waals surface area contributed by atoms with Crippen LogP contribution >= 0.6 is 11.6 Å². The van der Waals surface area contributed by atoms with Crippen LogP contribution in [0.15, 0.2) is 29.2 Å². The quantitative estimate of drug-likeness (QED) is 0.552. The molecule has 0 spiro atoms. The van der Waals surface area contributed by atoms with E-state index in [4.69, 9.17) is 16.8 Å². The monoisotopic (exact) mass is 390 g/mol. The van der Waals surface area contributed by atoms with Crippen LogP contribution in [0.4, 0.5) is 0 Å². The maximum Gasteiger partial charge on any atom is 0.262 e. The van der Waals surface area contributed by atoms with Crippen molar-refractivity contribution in [1.82, 2.24) is 9.79 Å². The number of halogens is 1. The lowest BCUT2D eigenvalue weighted by molar-refractivity contribution is -0.136. The van der Waals surface area contributed by atoms with Crippen LogP contribution in [0.1, 0.15) is 41.0 Å². The van der Waals surface area contributed by atoms with E-state index in [1.165, 1.54) is 12.1 Å². The molecular formula is C17H27ClN2O4S. The molecule has 1 atom stereocenters. The first-order valence-corrected chi connectivity index (χ1v) is 9.94. The number of sulfonamides is 1. The molecule has 142 valence electrons. The first-order chi connectivity index (χ1) is 11.4. The second kappa shape index (κ2) is 8.49. The van der Waals surface area contributed by atoms with Crippen LogP contribution in [0.3, 0.4) is 0 Å². The highest BCUT2D eigenvalue weighted by molar-refractivity contribution is 7.89. The Morgan fingerprint density at radius 3 is 2.36 bits per heavy atom. The summed E-state index contributed by atoms with van der Waals surface area (Å²) in [4.78, 5) is 12.3. The van der Waals surface area contributed by atoms with E-state index in [1.807, 2.05) is 13.8 Å². The standard InChI is InChI=1S/C17H27ClN2O4S/c1-12(2)9-10-20(15(16(21)19-22)17(3,4)5)25(23,24)14-8-6-7-13(18)11-14/h6-8,11-12,15,22H,9-10H2,1-5H3,(H,19,21). The minimum Gasteiger partial charge on any atom is -0.289 e. The SMILES string of the molecule is CC(C)CCN(C(C(=O)NO)C(C)(C)C)S(=O)(=O)c1cccc(Cl)c1. The number of hydrogen-bond acceptors (Lipinski definition) is 4. The zero-order valence-electron chi connectivity index (χ0n) is 15.3. The van der Waals surface area contributed by atoms with Crippen molar-refractivity contribution >= 4 is 27.5 Å². The van der Waals surface area contributed by atoms with Crippen LogP contribution in [0.2, 0.25) is 5.02 Å². The van der Waals surface area contributed by atoms with Gasteiger partial charge in [-0.05, 0) is 36.0 Å². The predicted molar refractivity (Wildman–Crippen MR) is 98.0 cm³/mol. The van der Waals surface area contributed by atoms with Gasteiger partial charge in [0.25, 0.3) is 5.91 Å². The Bertz CT molecular complexity index is 699. The van der Waals surface area contributed by atoms with E-state index < -0.39 is 27.4 Å². The molecule has 1 unspecified atom stereocenters. The lowest BCUT2D eigenvalue weighted by Gasteiger charge is -2.37. The highest BCUT2D eigenvalue weighted by Gasteiger charge is 2.42. The third-order valence-corrected chi connectivity index (χ3v) is 5.89. The number of hydrogen-bond donors (Lipinski definition) is 2. The summed E-state index contributed by atoms with van der Waals surface area (Å²) in [6.45, 7) is 9.36. The van der Waals surface area contributed by atoms with Gasteiger partial charge in [-0.1, -0.05) is 52.3 Å². The molecule has 6 nitrogen and oxygen atoms in total. The van der Waals surface area contributed by atoms with Crippen molar-refractivity contribution in [3.8, 4) is 0 Å². The first kappa shape index (κ1) is 21.9. The first-order valence-electron chi connectivity index (χ1n) is 8.12. The topological polar surface area (TPSA) is 86.7 Å². The summed E-state index contributed by atoms with van der Waals surface area (Å²) in [5.41, 5.74) is 0.877. The number of rotatable bonds is 7. The fraction of sp³-hybridized carbons (Fsp3) is 0.588. The maximum absolute atomic E-state index is 13.2.